The van der Waals surface area contributed by atoms with Crippen molar-refractivity contribution in [2.24, 2.45) is 0 Å². The molecule has 0 radical (unpaired) electrons. The van der Waals surface area contributed by atoms with Gasteiger partial charge in [-0.15, -0.1) is 0 Å². The quantitative estimate of drug-likeness (QED) is 0.335. The maximum absolute atomic E-state index is 11.9. The summed E-state index contributed by atoms with van der Waals surface area (Å²) in [5.41, 5.74) is 0.283. The Labute approximate surface area is 119 Å². The second-order valence-corrected chi connectivity index (χ2v) is 4.31. The van der Waals surface area contributed by atoms with Crippen LogP contribution in [0.25, 0.3) is 6.08 Å². The highest BCUT2D eigenvalue weighted by atomic mass is 16.3. The highest BCUT2D eigenvalue weighted by Crippen LogP contribution is 2.35. The number of hydrogen-bond donors (Lipinski definition) is 5. The molecule has 0 fully saturated rings. The molecule has 0 bridgehead atoms. The smallest absolute Gasteiger partial charge is 0.200 e. The zero-order chi connectivity index (χ0) is 15.6. The van der Waals surface area contributed by atoms with Crippen molar-refractivity contribution >= 4 is 11.9 Å². The van der Waals surface area contributed by atoms with E-state index in [0.717, 1.165) is 24.3 Å². The summed E-state index contributed by atoms with van der Waals surface area (Å²) in [6.45, 7) is 0. The molecular formula is C15H12O6. The van der Waals surface area contributed by atoms with Crippen molar-refractivity contribution in [2.45, 2.75) is 0 Å². The number of carbonyl (C=O) groups is 1. The average Bonchev–Trinajstić information content (AvgIpc) is 2.42. The summed E-state index contributed by atoms with van der Waals surface area (Å²) in [6.07, 6.45) is 2.42. The number of rotatable bonds is 3. The lowest BCUT2D eigenvalue weighted by atomic mass is 10.1. The molecular weight excluding hydrogens is 276 g/mol. The molecule has 21 heavy (non-hydrogen) atoms. The molecule has 0 amide bonds. The van der Waals surface area contributed by atoms with Crippen molar-refractivity contribution in [2.75, 3.05) is 0 Å². The lowest BCUT2D eigenvalue weighted by Gasteiger charge is -2.03. The molecule has 2 rings (SSSR count). The van der Waals surface area contributed by atoms with Crippen LogP contribution in [0.1, 0.15) is 15.9 Å². The molecule has 0 aliphatic heterocycles. The highest BCUT2D eigenvalue weighted by Gasteiger charge is 2.10. The van der Waals surface area contributed by atoms with E-state index in [-0.39, 0.29) is 22.6 Å². The summed E-state index contributed by atoms with van der Waals surface area (Å²) in [4.78, 5) is 11.9. The van der Waals surface area contributed by atoms with Gasteiger partial charge in [0, 0.05) is 6.07 Å². The second kappa shape index (κ2) is 5.46. The van der Waals surface area contributed by atoms with E-state index in [1.165, 1.54) is 18.2 Å². The van der Waals surface area contributed by atoms with Crippen LogP contribution in [0.4, 0.5) is 0 Å². The van der Waals surface area contributed by atoms with Gasteiger partial charge >= 0.3 is 0 Å². The molecule has 0 aromatic heterocycles. The molecule has 0 aliphatic carbocycles. The third-order valence-electron chi connectivity index (χ3n) is 2.77. The monoisotopic (exact) mass is 288 g/mol. The number of allylic oxidation sites excluding steroid dienone is 1. The maximum atomic E-state index is 11.9. The largest absolute Gasteiger partial charge is 0.508 e. The normalized spacial score (nSPS) is 10.9. The molecule has 0 unspecified atom stereocenters. The van der Waals surface area contributed by atoms with Crippen LogP contribution in [0.15, 0.2) is 36.4 Å². The van der Waals surface area contributed by atoms with Gasteiger partial charge in [0.05, 0.1) is 5.56 Å². The van der Waals surface area contributed by atoms with Gasteiger partial charge in [-0.25, -0.2) is 0 Å². The Balaban J connectivity index is 2.27. The van der Waals surface area contributed by atoms with Crippen LogP contribution in [-0.4, -0.2) is 31.3 Å². The summed E-state index contributed by atoms with van der Waals surface area (Å²) < 4.78 is 0. The third kappa shape index (κ3) is 3.06. The molecule has 0 heterocycles. The van der Waals surface area contributed by atoms with Gasteiger partial charge in [-0.2, -0.15) is 0 Å². The number of phenolic OH excluding ortho intramolecular Hbond substituents is 5. The summed E-state index contributed by atoms with van der Waals surface area (Å²) in [7, 11) is 0. The van der Waals surface area contributed by atoms with Gasteiger partial charge in [0.15, 0.2) is 23.0 Å². The number of ketones is 1. The number of benzene rings is 2. The van der Waals surface area contributed by atoms with Crippen LogP contribution in [0, 0.1) is 0 Å². The first-order valence-electron chi connectivity index (χ1n) is 5.88. The first-order valence-corrected chi connectivity index (χ1v) is 5.88. The van der Waals surface area contributed by atoms with E-state index < -0.39 is 23.0 Å². The van der Waals surface area contributed by atoms with E-state index in [4.69, 9.17) is 5.11 Å². The van der Waals surface area contributed by atoms with Gasteiger partial charge in [-0.1, -0.05) is 6.08 Å². The fourth-order valence-corrected chi connectivity index (χ4v) is 1.71. The van der Waals surface area contributed by atoms with Crippen LogP contribution in [0.5, 0.6) is 28.7 Å². The fraction of sp³-hybridized carbons (Fsp3) is 0. The van der Waals surface area contributed by atoms with Gasteiger partial charge in [0.25, 0.3) is 0 Å². The highest BCUT2D eigenvalue weighted by molar-refractivity contribution is 6.08. The molecule has 0 saturated heterocycles. The van der Waals surface area contributed by atoms with Gasteiger partial charge in [-0.05, 0) is 35.9 Å². The maximum Gasteiger partial charge on any atom is 0.200 e. The van der Waals surface area contributed by atoms with Crippen molar-refractivity contribution < 1.29 is 30.3 Å². The molecule has 2 aromatic rings. The van der Waals surface area contributed by atoms with Crippen LogP contribution in [0.3, 0.4) is 0 Å². The van der Waals surface area contributed by atoms with Crippen molar-refractivity contribution in [3.8, 4) is 28.7 Å². The topological polar surface area (TPSA) is 118 Å². The van der Waals surface area contributed by atoms with Gasteiger partial charge in [0.1, 0.15) is 11.5 Å². The summed E-state index contributed by atoms with van der Waals surface area (Å²) in [5.74, 6) is -2.74. The minimum atomic E-state index is -0.644. The second-order valence-electron chi connectivity index (χ2n) is 4.31. The summed E-state index contributed by atoms with van der Waals surface area (Å²) in [6, 6.07) is 5.90. The lowest BCUT2D eigenvalue weighted by molar-refractivity contribution is 0.104. The number of hydrogen-bond acceptors (Lipinski definition) is 6. The minimum absolute atomic E-state index is 0.00345. The molecule has 5 N–H and O–H groups in total. The van der Waals surface area contributed by atoms with Crippen LogP contribution < -0.4 is 0 Å². The van der Waals surface area contributed by atoms with Gasteiger partial charge in [-0.3, -0.25) is 4.79 Å². The third-order valence-corrected chi connectivity index (χ3v) is 2.77. The Kier molecular flexibility index (Phi) is 3.71. The number of carbonyl (C=O) groups excluding carboxylic acids is 1. The Morgan fingerprint density at radius 1 is 0.857 bits per heavy atom. The Morgan fingerprint density at radius 2 is 1.48 bits per heavy atom. The van der Waals surface area contributed by atoms with Crippen molar-refractivity contribution in [3.63, 3.8) is 0 Å². The van der Waals surface area contributed by atoms with Crippen molar-refractivity contribution in [3.05, 3.63) is 47.5 Å². The fourth-order valence-electron chi connectivity index (χ4n) is 1.71. The van der Waals surface area contributed by atoms with Crippen LogP contribution in [0.2, 0.25) is 0 Å². The average molecular weight is 288 g/mol. The van der Waals surface area contributed by atoms with E-state index >= 15 is 0 Å². The van der Waals surface area contributed by atoms with E-state index in [9.17, 15) is 25.2 Å². The van der Waals surface area contributed by atoms with E-state index in [2.05, 4.69) is 0 Å². The molecule has 6 heteroatoms. The zero-order valence-corrected chi connectivity index (χ0v) is 10.7. The van der Waals surface area contributed by atoms with Crippen molar-refractivity contribution in [1.29, 1.82) is 0 Å². The van der Waals surface area contributed by atoms with Crippen LogP contribution >= 0.6 is 0 Å². The van der Waals surface area contributed by atoms with E-state index in [0.29, 0.717) is 0 Å². The molecule has 0 spiro atoms. The summed E-state index contributed by atoms with van der Waals surface area (Å²) in [5, 5.41) is 46.6. The predicted octanol–water partition coefficient (Wildman–Crippen LogP) is 2.11. The van der Waals surface area contributed by atoms with E-state index in [1.54, 1.807) is 0 Å². The number of aromatic hydroxyl groups is 5. The summed E-state index contributed by atoms with van der Waals surface area (Å²) >= 11 is 0. The molecule has 0 aliphatic rings. The Morgan fingerprint density at radius 3 is 2.05 bits per heavy atom. The predicted molar refractivity (Wildman–Crippen MR) is 74.6 cm³/mol. The SMILES string of the molecule is O=C(/C=C/c1cc(O)c(O)c(O)c1)c1ccc(O)cc1O. The van der Waals surface area contributed by atoms with E-state index in [1.807, 2.05) is 0 Å². The van der Waals surface area contributed by atoms with Gasteiger partial charge in [0.2, 0.25) is 0 Å². The Hall–Kier alpha value is -3.15. The minimum Gasteiger partial charge on any atom is -0.508 e. The standard InChI is InChI=1S/C15H12O6/c16-9-2-3-10(12(18)7-9)11(17)4-1-8-5-13(19)15(21)14(20)6-8/h1-7,16,18-21H/b4-1+. The molecule has 2 aromatic carbocycles. The number of phenols is 5. The molecule has 0 atom stereocenters. The lowest BCUT2D eigenvalue weighted by Crippen LogP contribution is -1.94. The molecule has 0 saturated carbocycles. The first kappa shape index (κ1) is 14.3. The van der Waals surface area contributed by atoms with Gasteiger partial charge < -0.3 is 25.5 Å². The first-order chi connectivity index (χ1) is 9.88. The molecule has 108 valence electrons. The van der Waals surface area contributed by atoms with Crippen molar-refractivity contribution in [1.82, 2.24) is 0 Å². The van der Waals surface area contributed by atoms with Crippen LogP contribution in [-0.2, 0) is 0 Å². The molecule has 6 nitrogen and oxygen atoms in total. The Bertz CT molecular complexity index is 710. The zero-order valence-electron chi connectivity index (χ0n) is 10.7.